The molecule has 2 aliphatic heterocycles. The second-order valence-corrected chi connectivity index (χ2v) is 9.74. The fourth-order valence-corrected chi connectivity index (χ4v) is 5.65. The molecule has 0 N–H and O–H groups in total. The van der Waals surface area contributed by atoms with Crippen molar-refractivity contribution in [3.63, 3.8) is 0 Å². The summed E-state index contributed by atoms with van der Waals surface area (Å²) in [6.07, 6.45) is 0.958. The lowest BCUT2D eigenvalue weighted by atomic mass is 9.75. The predicted octanol–water partition coefficient (Wildman–Crippen LogP) is 5.37. The number of benzene rings is 3. The molecule has 8 heteroatoms. The highest BCUT2D eigenvalue weighted by Crippen LogP contribution is 2.50. The summed E-state index contributed by atoms with van der Waals surface area (Å²) in [5, 5.41) is 2.04. The van der Waals surface area contributed by atoms with E-state index in [1.54, 1.807) is 21.3 Å². The third kappa shape index (κ3) is 5.01. The summed E-state index contributed by atoms with van der Waals surface area (Å²) < 4.78 is 28.4. The normalized spacial score (nSPS) is 17.9. The molecule has 0 bridgehead atoms. The van der Waals surface area contributed by atoms with Gasteiger partial charge in [0.2, 0.25) is 5.75 Å². The number of nitrogens with zero attached hydrogens (tertiary/aromatic N) is 2. The summed E-state index contributed by atoms with van der Waals surface area (Å²) in [6.45, 7) is 8.27. The maximum absolute atomic E-state index is 13.0. The van der Waals surface area contributed by atoms with Gasteiger partial charge in [-0.2, -0.15) is 0 Å². The molecule has 0 radical (unpaired) electrons. The molecule has 2 atom stereocenters. The first kappa shape index (κ1) is 26.8. The molecule has 2 aliphatic rings. The monoisotopic (exact) mass is 532 g/mol. The summed E-state index contributed by atoms with van der Waals surface area (Å²) in [5.74, 6) is 1.26. The average molecular weight is 533 g/mol. The van der Waals surface area contributed by atoms with Gasteiger partial charge in [0.1, 0.15) is 18.3 Å². The molecule has 2 unspecified atom stereocenters. The van der Waals surface area contributed by atoms with Crippen LogP contribution in [0.1, 0.15) is 37.3 Å². The molecule has 0 saturated carbocycles. The smallest absolute Gasteiger partial charge is 0.316 e. The lowest BCUT2D eigenvalue weighted by Crippen LogP contribution is -2.28. The van der Waals surface area contributed by atoms with E-state index < -0.39 is 5.92 Å². The van der Waals surface area contributed by atoms with E-state index in [-0.39, 0.29) is 18.5 Å². The van der Waals surface area contributed by atoms with Crippen LogP contribution in [0, 0.1) is 5.92 Å². The molecule has 3 aromatic rings. The molecule has 0 aliphatic carbocycles. The van der Waals surface area contributed by atoms with Gasteiger partial charge in [-0.25, -0.2) is 0 Å². The van der Waals surface area contributed by atoms with E-state index in [2.05, 4.69) is 43.0 Å². The van der Waals surface area contributed by atoms with E-state index >= 15 is 0 Å². The van der Waals surface area contributed by atoms with E-state index in [0.717, 1.165) is 65.1 Å². The third-order valence-electron chi connectivity index (χ3n) is 7.72. The molecule has 1 saturated heterocycles. The van der Waals surface area contributed by atoms with Gasteiger partial charge in [0.05, 0.1) is 39.3 Å². The van der Waals surface area contributed by atoms with Crippen molar-refractivity contribution < 1.29 is 28.5 Å². The lowest BCUT2D eigenvalue weighted by molar-refractivity contribution is -0.141. The van der Waals surface area contributed by atoms with Crippen LogP contribution in [0.25, 0.3) is 10.8 Å². The van der Waals surface area contributed by atoms with Crippen LogP contribution in [0.15, 0.2) is 47.5 Å². The number of cyclic esters (lactones) is 1. The van der Waals surface area contributed by atoms with Crippen molar-refractivity contribution in [2.24, 2.45) is 10.9 Å². The Hall–Kier alpha value is -3.78. The molecule has 206 valence electrons. The minimum Gasteiger partial charge on any atom is -0.494 e. The number of esters is 1. The number of hydrogen-bond acceptors (Lipinski definition) is 8. The van der Waals surface area contributed by atoms with Crippen LogP contribution in [0.5, 0.6) is 23.0 Å². The average Bonchev–Trinajstić information content (AvgIpc) is 3.34. The predicted molar refractivity (Wildman–Crippen MR) is 151 cm³/mol. The van der Waals surface area contributed by atoms with E-state index in [1.165, 1.54) is 0 Å². The van der Waals surface area contributed by atoms with Crippen LogP contribution in [-0.4, -0.2) is 70.8 Å². The molecular weight excluding hydrogens is 496 g/mol. The van der Waals surface area contributed by atoms with Gasteiger partial charge in [-0.15, -0.1) is 0 Å². The van der Waals surface area contributed by atoms with Crippen LogP contribution in [0.4, 0.5) is 5.69 Å². The van der Waals surface area contributed by atoms with E-state index in [0.29, 0.717) is 23.9 Å². The number of ether oxygens (including phenoxy) is 5. The van der Waals surface area contributed by atoms with Crippen molar-refractivity contribution >= 4 is 28.1 Å². The van der Waals surface area contributed by atoms with E-state index in [4.69, 9.17) is 28.7 Å². The quantitative estimate of drug-likeness (QED) is 0.243. The highest BCUT2D eigenvalue weighted by molar-refractivity contribution is 6.13. The zero-order valence-corrected chi connectivity index (χ0v) is 23.3. The third-order valence-corrected chi connectivity index (χ3v) is 7.72. The Labute approximate surface area is 229 Å². The van der Waals surface area contributed by atoms with Gasteiger partial charge in [-0.1, -0.05) is 32.0 Å². The fourth-order valence-electron chi connectivity index (χ4n) is 5.65. The Morgan fingerprint density at radius 3 is 2.33 bits per heavy atom. The maximum Gasteiger partial charge on any atom is 0.316 e. The highest BCUT2D eigenvalue weighted by Gasteiger charge is 2.45. The number of hydrogen-bond donors (Lipinski definition) is 0. The molecule has 1 fully saturated rings. The van der Waals surface area contributed by atoms with Crippen molar-refractivity contribution in [2.75, 3.05) is 54.2 Å². The van der Waals surface area contributed by atoms with Crippen molar-refractivity contribution in [3.05, 3.63) is 53.6 Å². The molecule has 5 rings (SSSR count). The molecule has 2 heterocycles. The van der Waals surface area contributed by atoms with Crippen LogP contribution in [0.2, 0.25) is 0 Å². The van der Waals surface area contributed by atoms with Gasteiger partial charge in [0.15, 0.2) is 11.5 Å². The minimum absolute atomic E-state index is 0.182. The first-order valence-electron chi connectivity index (χ1n) is 13.5. The first-order chi connectivity index (χ1) is 19.0. The van der Waals surface area contributed by atoms with Gasteiger partial charge in [0, 0.05) is 17.8 Å². The molecule has 0 amide bonds. The largest absolute Gasteiger partial charge is 0.494 e. The molecule has 0 aromatic heterocycles. The SMILES string of the molecule is CCN(CC)CCCOc1ccc2ccc3c(c2c1)N=C1COC(=O)C1C3c1cc(OC)c(OC)c(OC)c1. The number of carbonyl (C=O) groups is 1. The van der Waals surface area contributed by atoms with Gasteiger partial charge in [-0.3, -0.25) is 9.79 Å². The fraction of sp³-hybridized carbons (Fsp3) is 0.419. The summed E-state index contributed by atoms with van der Waals surface area (Å²) in [4.78, 5) is 20.4. The topological polar surface area (TPSA) is 78.8 Å². The Morgan fingerprint density at radius 1 is 0.949 bits per heavy atom. The second kappa shape index (κ2) is 11.5. The zero-order valence-electron chi connectivity index (χ0n) is 23.3. The van der Waals surface area contributed by atoms with Crippen LogP contribution < -0.4 is 18.9 Å². The lowest BCUT2D eigenvalue weighted by Gasteiger charge is -2.29. The molecule has 39 heavy (non-hydrogen) atoms. The Balaban J connectivity index is 1.56. The minimum atomic E-state index is -0.516. The van der Waals surface area contributed by atoms with Gasteiger partial charge >= 0.3 is 5.97 Å². The summed E-state index contributed by atoms with van der Waals surface area (Å²) in [6, 6.07) is 14.1. The number of rotatable bonds is 11. The number of fused-ring (bicyclic) bond motifs is 4. The van der Waals surface area contributed by atoms with Crippen molar-refractivity contribution in [1.82, 2.24) is 4.90 Å². The van der Waals surface area contributed by atoms with Crippen molar-refractivity contribution in [2.45, 2.75) is 26.2 Å². The Kier molecular flexibility index (Phi) is 7.93. The van der Waals surface area contributed by atoms with E-state index in [9.17, 15) is 4.79 Å². The Morgan fingerprint density at radius 2 is 1.67 bits per heavy atom. The first-order valence-corrected chi connectivity index (χ1v) is 13.5. The van der Waals surface area contributed by atoms with Crippen LogP contribution >= 0.6 is 0 Å². The van der Waals surface area contributed by atoms with E-state index in [1.807, 2.05) is 18.2 Å². The highest BCUT2D eigenvalue weighted by atomic mass is 16.5. The van der Waals surface area contributed by atoms with Crippen LogP contribution in [0.3, 0.4) is 0 Å². The molecular formula is C31H36N2O6. The molecule has 3 aromatic carbocycles. The molecule has 8 nitrogen and oxygen atoms in total. The second-order valence-electron chi connectivity index (χ2n) is 9.74. The Bertz CT molecular complexity index is 1370. The number of aliphatic imine (C=N–C) groups is 1. The van der Waals surface area contributed by atoms with Gasteiger partial charge in [0.25, 0.3) is 0 Å². The van der Waals surface area contributed by atoms with Crippen molar-refractivity contribution in [1.29, 1.82) is 0 Å². The number of methoxy groups -OCH3 is 3. The van der Waals surface area contributed by atoms with Crippen molar-refractivity contribution in [3.8, 4) is 23.0 Å². The molecule has 0 spiro atoms. The van der Waals surface area contributed by atoms with Crippen LogP contribution in [-0.2, 0) is 9.53 Å². The standard InChI is InChI=1S/C31H36N2O6/c1-6-33(7-2)13-8-14-38-21-11-9-19-10-12-22-27(20-15-25(35-3)30(37-5)26(16-20)36-4)28-24(18-39-31(28)34)32-29(22)23(19)17-21/h9-12,15-17,27-28H,6-8,13-14,18H2,1-5H3. The van der Waals surface area contributed by atoms with Gasteiger partial charge in [-0.05, 0) is 60.3 Å². The summed E-state index contributed by atoms with van der Waals surface area (Å²) in [5.41, 5.74) is 3.38. The zero-order chi connectivity index (χ0) is 27.5. The van der Waals surface area contributed by atoms with Gasteiger partial charge < -0.3 is 28.6 Å². The number of carbonyl (C=O) groups excluding carboxylic acids is 1. The summed E-state index contributed by atoms with van der Waals surface area (Å²) in [7, 11) is 4.75. The maximum atomic E-state index is 13.0. The summed E-state index contributed by atoms with van der Waals surface area (Å²) >= 11 is 0.